The minimum atomic E-state index is -5.39. The van der Waals surface area contributed by atoms with E-state index in [0.29, 0.717) is 0 Å². The summed E-state index contributed by atoms with van der Waals surface area (Å²) >= 11 is 0. The number of phosphoric acid groups is 3. The summed E-state index contributed by atoms with van der Waals surface area (Å²) in [6.07, 6.45) is 0. The Hall–Kier alpha value is 6.11. The van der Waals surface area contributed by atoms with Crippen LogP contribution in [0.4, 0.5) is 0 Å². The molecule has 0 bridgehead atoms. The maximum Gasteiger partial charge on any atom is 2.00 e. The summed E-state index contributed by atoms with van der Waals surface area (Å²) in [4.78, 5) is 75.6. The Balaban J connectivity index is -0.0000000160. The van der Waals surface area contributed by atoms with E-state index in [1.807, 2.05) is 0 Å². The van der Waals surface area contributed by atoms with Gasteiger partial charge in [-0.05, 0) is 0 Å². The zero-order valence-electron chi connectivity index (χ0n) is 10.4. The SMILES string of the molecule is O=P([O-])([O-])O.O=P([O-])([O-])[O-].O=P([O-])([O-])[O-].[Ca+2].[Ca+2].[Ca+2].[Na+].[Na+]. The molecule has 0 saturated carbocycles. The third-order valence-electron chi connectivity index (χ3n) is 0. The van der Waals surface area contributed by atoms with Crippen LogP contribution in [0.5, 0.6) is 0 Å². The van der Waals surface area contributed by atoms with Gasteiger partial charge in [-0.25, -0.2) is 0 Å². The van der Waals surface area contributed by atoms with Crippen molar-refractivity contribution >= 4 is 137 Å². The molecule has 20 heteroatoms. The topological polar surface area (TPSA) is 256 Å². The molecule has 1 N–H and O–H groups in total. The molecular formula is HCa3Na2O12P3. The molecular weight excluding hydrogens is 451 g/mol. The Morgan fingerprint density at radius 2 is 0.550 bits per heavy atom. The molecule has 0 aliphatic carbocycles. The molecule has 0 saturated heterocycles. The summed E-state index contributed by atoms with van der Waals surface area (Å²) < 4.78 is 25.8. The second-order valence-electron chi connectivity index (χ2n) is 1.36. The smallest absolute Gasteiger partial charge is 0.822 e. The summed E-state index contributed by atoms with van der Waals surface area (Å²) in [5.41, 5.74) is 0. The quantitative estimate of drug-likeness (QED) is 0.265. The maximum atomic E-state index is 8.66. The molecule has 0 amide bonds. The van der Waals surface area contributed by atoms with Crippen molar-refractivity contribution in [2.24, 2.45) is 0 Å². The molecule has 0 atom stereocenters. The zero-order chi connectivity index (χ0) is 13.5. The molecule has 0 aromatic heterocycles. The van der Waals surface area contributed by atoms with E-state index >= 15 is 0 Å². The first-order valence-electron chi connectivity index (χ1n) is 2.21. The fourth-order valence-corrected chi connectivity index (χ4v) is 0. The molecule has 0 rings (SSSR count). The van der Waals surface area contributed by atoms with Crippen molar-refractivity contribution in [3.8, 4) is 0 Å². The van der Waals surface area contributed by atoms with Gasteiger partial charge in [0.05, 0.1) is 7.82 Å². The molecule has 0 radical (unpaired) electrons. The van der Waals surface area contributed by atoms with Gasteiger partial charge < -0.3 is 57.7 Å². The van der Waals surface area contributed by atoms with E-state index in [-0.39, 0.29) is 172 Å². The number of hydrogen-bond acceptors (Lipinski definition) is 11. The van der Waals surface area contributed by atoms with E-state index in [9.17, 15) is 0 Å². The predicted molar refractivity (Wildman–Crippen MR) is 42.3 cm³/mol. The van der Waals surface area contributed by atoms with Crippen LogP contribution in [0.15, 0.2) is 0 Å². The van der Waals surface area contributed by atoms with Gasteiger partial charge in [-0.2, -0.15) is 15.6 Å². The molecule has 0 spiro atoms. The molecule has 0 fully saturated rings. The van der Waals surface area contributed by atoms with Gasteiger partial charge >= 0.3 is 172 Å². The molecule has 12 nitrogen and oxygen atoms in total. The van der Waals surface area contributed by atoms with Gasteiger partial charge in [0.25, 0.3) is 0 Å². The van der Waals surface area contributed by atoms with Crippen LogP contribution in [0.1, 0.15) is 0 Å². The fourth-order valence-electron chi connectivity index (χ4n) is 0. The van der Waals surface area contributed by atoms with Crippen molar-refractivity contribution < 1.29 is 117 Å². The Morgan fingerprint density at radius 3 is 0.550 bits per heavy atom. The van der Waals surface area contributed by atoms with E-state index in [1.54, 1.807) is 0 Å². The van der Waals surface area contributed by atoms with E-state index in [1.165, 1.54) is 0 Å². The van der Waals surface area contributed by atoms with E-state index < -0.39 is 23.5 Å². The third kappa shape index (κ3) is 345. The monoisotopic (exact) mass is 452 g/mol. The van der Waals surface area contributed by atoms with Crippen molar-refractivity contribution in [2.75, 3.05) is 0 Å². The Labute approximate surface area is 247 Å². The van der Waals surface area contributed by atoms with E-state index in [0.717, 1.165) is 0 Å². The van der Waals surface area contributed by atoms with Crippen LogP contribution in [0.2, 0.25) is 0 Å². The maximum absolute atomic E-state index is 8.66. The van der Waals surface area contributed by atoms with Crippen LogP contribution in [0.3, 0.4) is 0 Å². The average Bonchev–Trinajstić information content (AvgIpc) is 1.41. The molecule has 0 unspecified atom stereocenters. The van der Waals surface area contributed by atoms with Crippen LogP contribution in [0.25, 0.3) is 0 Å². The second-order valence-corrected chi connectivity index (χ2v) is 4.09. The summed E-state index contributed by atoms with van der Waals surface area (Å²) in [5, 5.41) is 0. The largest absolute Gasteiger partial charge is 2.00 e. The Bertz CT molecular complexity index is 218. The van der Waals surface area contributed by atoms with Gasteiger partial charge in [0.2, 0.25) is 0 Å². The Kier molecular flexibility index (Phi) is 63.0. The normalized spacial score (nSPS) is 8.85. The number of rotatable bonds is 0. The minimum absolute atomic E-state index is 0. The molecule has 96 valence electrons. The molecule has 0 aromatic carbocycles. The first-order valence-corrected chi connectivity index (χ1v) is 6.62. The van der Waals surface area contributed by atoms with Crippen LogP contribution in [-0.4, -0.2) is 118 Å². The average molecular weight is 452 g/mol. The predicted octanol–water partition coefficient (Wildman–Crippen LogP) is -15.0. The number of hydrogen-bond donors (Lipinski definition) is 1. The van der Waals surface area contributed by atoms with Crippen molar-refractivity contribution in [3.05, 3.63) is 0 Å². The molecule has 0 aliphatic rings. The standard InChI is InChI=1S/3Ca.2Na.3H3O4P/c;;;;;3*1-5(2,3)4/h;;;;;3*(H3,1,2,3,4)/q3*+2;2*+1;;;/p-8. The van der Waals surface area contributed by atoms with Gasteiger partial charge in [-0.15, -0.1) is 0 Å². The summed E-state index contributed by atoms with van der Waals surface area (Å²) in [6, 6.07) is 0. The fraction of sp³-hybridized carbons (Fsp3) is 0. The summed E-state index contributed by atoms with van der Waals surface area (Å²) in [6.45, 7) is 0. The first-order chi connectivity index (χ1) is 6.00. The van der Waals surface area contributed by atoms with Crippen LogP contribution in [-0.2, 0) is 13.7 Å². The van der Waals surface area contributed by atoms with Gasteiger partial charge in [-0.3, -0.25) is 0 Å². The van der Waals surface area contributed by atoms with Crippen LogP contribution in [0, 0.1) is 0 Å². The van der Waals surface area contributed by atoms with Crippen LogP contribution < -0.4 is 98.3 Å². The van der Waals surface area contributed by atoms with Crippen LogP contribution >= 0.6 is 23.5 Å². The molecule has 20 heavy (non-hydrogen) atoms. The zero-order valence-corrected chi connectivity index (χ0v) is 23.7. The summed E-state index contributed by atoms with van der Waals surface area (Å²) in [5.74, 6) is 0. The minimum Gasteiger partial charge on any atom is -0.822 e. The molecule has 0 heterocycles. The molecule has 0 aliphatic heterocycles. The van der Waals surface area contributed by atoms with Crippen molar-refractivity contribution in [1.29, 1.82) is 0 Å². The summed E-state index contributed by atoms with van der Waals surface area (Å²) in [7, 11) is -15.9. The second kappa shape index (κ2) is 25.1. The van der Waals surface area contributed by atoms with E-state index in [4.69, 9.17) is 57.7 Å². The van der Waals surface area contributed by atoms with Gasteiger partial charge in [0.1, 0.15) is 0 Å². The van der Waals surface area contributed by atoms with Crippen molar-refractivity contribution in [3.63, 3.8) is 0 Å². The van der Waals surface area contributed by atoms with Crippen molar-refractivity contribution in [2.45, 2.75) is 0 Å². The molecule has 0 aromatic rings. The van der Waals surface area contributed by atoms with E-state index in [2.05, 4.69) is 0 Å². The van der Waals surface area contributed by atoms with Gasteiger partial charge in [0.15, 0.2) is 0 Å². The Morgan fingerprint density at radius 1 is 0.550 bits per heavy atom. The first kappa shape index (κ1) is 50.2. The third-order valence-corrected chi connectivity index (χ3v) is 0. The van der Waals surface area contributed by atoms with Crippen molar-refractivity contribution in [1.82, 2.24) is 0 Å². The van der Waals surface area contributed by atoms with Gasteiger partial charge in [-0.1, -0.05) is 0 Å². The van der Waals surface area contributed by atoms with Gasteiger partial charge in [0, 0.05) is 0 Å².